The standard InChI is InChI=1S/C20H20F3NO3.ClH/c21-20(22,23)16-4-2-15(3-5-16)19(7-9-24-10-8-19)27-12-14-1-6-17-18(11-14)26-13-25-17;/h1-6,11,24H,7-10,12-13H2;1H. The Bertz CT molecular complexity index is 805. The van der Waals surface area contributed by atoms with Gasteiger partial charge in [-0.1, -0.05) is 18.2 Å². The molecule has 2 aliphatic heterocycles. The topological polar surface area (TPSA) is 39.7 Å². The molecule has 0 saturated carbocycles. The van der Waals surface area contributed by atoms with Crippen LogP contribution >= 0.6 is 12.4 Å². The van der Waals surface area contributed by atoms with Crippen LogP contribution in [0.1, 0.15) is 29.5 Å². The van der Waals surface area contributed by atoms with Gasteiger partial charge in [0.2, 0.25) is 6.79 Å². The van der Waals surface area contributed by atoms with Gasteiger partial charge in [-0.2, -0.15) is 13.2 Å². The Kier molecular flexibility index (Phi) is 6.07. The molecule has 2 aromatic carbocycles. The Morgan fingerprint density at radius 2 is 1.64 bits per heavy atom. The highest BCUT2D eigenvalue weighted by Crippen LogP contribution is 2.39. The van der Waals surface area contributed by atoms with Gasteiger partial charge in [-0.3, -0.25) is 0 Å². The first-order chi connectivity index (χ1) is 13.0. The van der Waals surface area contributed by atoms with E-state index in [1.807, 2.05) is 18.2 Å². The average molecular weight is 416 g/mol. The molecule has 0 aliphatic carbocycles. The van der Waals surface area contributed by atoms with E-state index in [2.05, 4.69) is 5.32 Å². The van der Waals surface area contributed by atoms with Gasteiger partial charge in [0.05, 0.1) is 17.8 Å². The third-order valence-electron chi connectivity index (χ3n) is 5.10. The second-order valence-corrected chi connectivity index (χ2v) is 6.80. The van der Waals surface area contributed by atoms with E-state index in [1.165, 1.54) is 12.1 Å². The van der Waals surface area contributed by atoms with Gasteiger partial charge in [0, 0.05) is 0 Å². The summed E-state index contributed by atoms with van der Waals surface area (Å²) >= 11 is 0. The number of benzene rings is 2. The lowest BCUT2D eigenvalue weighted by Gasteiger charge is -2.38. The smallest absolute Gasteiger partial charge is 0.416 e. The number of halogens is 4. The molecule has 28 heavy (non-hydrogen) atoms. The number of hydrogen-bond donors (Lipinski definition) is 1. The van der Waals surface area contributed by atoms with Gasteiger partial charge < -0.3 is 19.5 Å². The van der Waals surface area contributed by atoms with Crippen molar-refractivity contribution in [3.05, 3.63) is 59.2 Å². The van der Waals surface area contributed by atoms with Crippen molar-refractivity contribution in [1.82, 2.24) is 5.32 Å². The third-order valence-corrected chi connectivity index (χ3v) is 5.10. The van der Waals surface area contributed by atoms with E-state index in [1.54, 1.807) is 0 Å². The molecule has 0 atom stereocenters. The number of piperidine rings is 1. The fraction of sp³-hybridized carbons (Fsp3) is 0.400. The van der Waals surface area contributed by atoms with E-state index in [9.17, 15) is 13.2 Å². The Hall–Kier alpha value is -1.96. The molecule has 0 bridgehead atoms. The predicted octanol–water partition coefficient (Wildman–Crippen LogP) is 4.65. The van der Waals surface area contributed by atoms with Crippen molar-refractivity contribution in [2.45, 2.75) is 31.2 Å². The molecule has 1 saturated heterocycles. The molecule has 0 radical (unpaired) electrons. The predicted molar refractivity (Wildman–Crippen MR) is 99.8 cm³/mol. The molecule has 0 spiro atoms. The van der Waals surface area contributed by atoms with Gasteiger partial charge in [0.15, 0.2) is 11.5 Å². The maximum Gasteiger partial charge on any atom is 0.416 e. The van der Waals surface area contributed by atoms with Crippen molar-refractivity contribution in [3.63, 3.8) is 0 Å². The van der Waals surface area contributed by atoms with Gasteiger partial charge in [-0.25, -0.2) is 0 Å². The monoisotopic (exact) mass is 415 g/mol. The first kappa shape index (κ1) is 20.8. The Morgan fingerprint density at radius 3 is 2.32 bits per heavy atom. The van der Waals surface area contributed by atoms with E-state index in [4.69, 9.17) is 14.2 Å². The minimum Gasteiger partial charge on any atom is -0.454 e. The van der Waals surface area contributed by atoms with Crippen molar-refractivity contribution < 1.29 is 27.4 Å². The van der Waals surface area contributed by atoms with Crippen LogP contribution in [0.3, 0.4) is 0 Å². The van der Waals surface area contributed by atoms with E-state index < -0.39 is 17.3 Å². The highest BCUT2D eigenvalue weighted by atomic mass is 35.5. The minimum absolute atomic E-state index is 0. The zero-order chi connectivity index (χ0) is 18.9. The van der Waals surface area contributed by atoms with Crippen LogP contribution in [-0.4, -0.2) is 19.9 Å². The molecule has 4 nitrogen and oxygen atoms in total. The number of rotatable bonds is 4. The van der Waals surface area contributed by atoms with Crippen molar-refractivity contribution in [1.29, 1.82) is 0 Å². The summed E-state index contributed by atoms with van der Waals surface area (Å²) < 4.78 is 55.6. The molecule has 2 aromatic rings. The van der Waals surface area contributed by atoms with E-state index in [-0.39, 0.29) is 19.2 Å². The molecule has 8 heteroatoms. The minimum atomic E-state index is -4.34. The molecule has 1 N–H and O–H groups in total. The SMILES string of the molecule is Cl.FC(F)(F)c1ccc(C2(OCc3ccc4c(c3)OCO4)CCNCC2)cc1. The van der Waals surface area contributed by atoms with Gasteiger partial charge >= 0.3 is 6.18 Å². The summed E-state index contributed by atoms with van der Waals surface area (Å²) in [5.41, 5.74) is 0.457. The normalized spacial score (nSPS) is 17.8. The number of fused-ring (bicyclic) bond motifs is 1. The Morgan fingerprint density at radius 1 is 0.964 bits per heavy atom. The third kappa shape index (κ3) is 4.21. The number of alkyl halides is 3. The van der Waals surface area contributed by atoms with Crippen LogP contribution in [0.25, 0.3) is 0 Å². The van der Waals surface area contributed by atoms with Crippen molar-refractivity contribution in [3.8, 4) is 11.5 Å². The summed E-state index contributed by atoms with van der Waals surface area (Å²) in [7, 11) is 0. The van der Waals surface area contributed by atoms with Crippen molar-refractivity contribution in [2.24, 2.45) is 0 Å². The zero-order valence-electron chi connectivity index (χ0n) is 15.1. The molecule has 4 rings (SSSR count). The second kappa shape index (κ2) is 8.19. The second-order valence-electron chi connectivity index (χ2n) is 6.80. The lowest BCUT2D eigenvalue weighted by atomic mass is 9.84. The Balaban J connectivity index is 0.00000225. The molecular weight excluding hydrogens is 395 g/mol. The van der Waals surface area contributed by atoms with Crippen molar-refractivity contribution >= 4 is 12.4 Å². The molecular formula is C20H21ClF3NO3. The zero-order valence-corrected chi connectivity index (χ0v) is 15.9. The van der Waals surface area contributed by atoms with E-state index in [0.29, 0.717) is 30.9 Å². The Labute approximate surface area is 167 Å². The fourth-order valence-corrected chi connectivity index (χ4v) is 3.56. The van der Waals surface area contributed by atoms with Crippen molar-refractivity contribution in [2.75, 3.05) is 19.9 Å². The quantitative estimate of drug-likeness (QED) is 0.789. The maximum atomic E-state index is 12.9. The number of nitrogens with one attached hydrogen (secondary N) is 1. The van der Waals surface area contributed by atoms with Gasteiger partial charge in [-0.15, -0.1) is 12.4 Å². The van der Waals surface area contributed by atoms with Crippen LogP contribution in [0, 0.1) is 0 Å². The summed E-state index contributed by atoms with van der Waals surface area (Å²) in [4.78, 5) is 0. The highest BCUT2D eigenvalue weighted by Gasteiger charge is 2.36. The van der Waals surface area contributed by atoms with Gasteiger partial charge in [0.25, 0.3) is 0 Å². The molecule has 1 fully saturated rings. The molecule has 0 amide bonds. The van der Waals surface area contributed by atoms with Crippen LogP contribution in [0.4, 0.5) is 13.2 Å². The van der Waals surface area contributed by atoms with Crippen LogP contribution in [-0.2, 0) is 23.1 Å². The number of ether oxygens (including phenoxy) is 3. The van der Waals surface area contributed by atoms with E-state index in [0.717, 1.165) is 36.3 Å². The highest BCUT2D eigenvalue weighted by molar-refractivity contribution is 5.85. The summed E-state index contributed by atoms with van der Waals surface area (Å²) in [6.45, 7) is 2.06. The molecule has 0 unspecified atom stereocenters. The first-order valence-corrected chi connectivity index (χ1v) is 8.87. The average Bonchev–Trinajstić information content (AvgIpc) is 3.14. The lowest BCUT2D eigenvalue weighted by Crippen LogP contribution is -2.41. The maximum absolute atomic E-state index is 12.9. The lowest BCUT2D eigenvalue weighted by molar-refractivity contribution is -0.137. The molecule has 0 aromatic heterocycles. The largest absolute Gasteiger partial charge is 0.454 e. The number of hydrogen-bond acceptors (Lipinski definition) is 4. The van der Waals surface area contributed by atoms with Gasteiger partial charge in [-0.05, 0) is 61.3 Å². The fourth-order valence-electron chi connectivity index (χ4n) is 3.56. The van der Waals surface area contributed by atoms with E-state index >= 15 is 0 Å². The van der Waals surface area contributed by atoms with Crippen LogP contribution < -0.4 is 14.8 Å². The summed E-state index contributed by atoms with van der Waals surface area (Å²) in [6.07, 6.45) is -2.95. The summed E-state index contributed by atoms with van der Waals surface area (Å²) in [5, 5.41) is 3.28. The molecule has 2 aliphatic rings. The molecule has 2 heterocycles. The summed E-state index contributed by atoms with van der Waals surface area (Å²) in [5.74, 6) is 1.39. The first-order valence-electron chi connectivity index (χ1n) is 8.87. The molecule has 152 valence electrons. The summed E-state index contributed by atoms with van der Waals surface area (Å²) in [6, 6.07) is 11.0. The van der Waals surface area contributed by atoms with Crippen LogP contribution in [0.15, 0.2) is 42.5 Å². The van der Waals surface area contributed by atoms with Crippen LogP contribution in [0.5, 0.6) is 11.5 Å². The van der Waals surface area contributed by atoms with Crippen LogP contribution in [0.2, 0.25) is 0 Å². The van der Waals surface area contributed by atoms with Gasteiger partial charge in [0.1, 0.15) is 0 Å².